The van der Waals surface area contributed by atoms with Gasteiger partial charge in [-0.1, -0.05) is 30.1 Å². The average Bonchev–Trinajstić information content (AvgIpc) is 2.90. The minimum absolute atomic E-state index is 0.435. The topological polar surface area (TPSA) is 52.0 Å². The fourth-order valence-corrected chi connectivity index (χ4v) is 4.13. The van der Waals surface area contributed by atoms with E-state index in [1.54, 1.807) is 18.2 Å². The molecule has 22 heavy (non-hydrogen) atoms. The first kappa shape index (κ1) is 16.1. The quantitative estimate of drug-likeness (QED) is 0.442. The number of nitrogens with two attached hydrogens (primary N) is 1. The van der Waals surface area contributed by atoms with E-state index in [2.05, 4.69) is 36.8 Å². The Morgan fingerprint density at radius 3 is 2.59 bits per heavy atom. The zero-order valence-corrected chi connectivity index (χ0v) is 16.1. The molecule has 3 nitrogen and oxygen atoms in total. The molecule has 0 atom stereocenters. The van der Waals surface area contributed by atoms with Crippen LogP contribution in [-0.4, -0.2) is 4.98 Å². The summed E-state index contributed by atoms with van der Waals surface area (Å²) in [6.45, 7) is 2.03. The molecule has 0 fully saturated rings. The Morgan fingerprint density at radius 2 is 1.95 bits per heavy atom. The Bertz CT molecular complexity index is 893. The molecule has 0 aliphatic rings. The van der Waals surface area contributed by atoms with Gasteiger partial charge in [0.15, 0.2) is 5.58 Å². The molecule has 0 aliphatic heterocycles. The van der Waals surface area contributed by atoms with Crippen molar-refractivity contribution in [2.75, 3.05) is 5.73 Å². The van der Waals surface area contributed by atoms with Crippen LogP contribution < -0.4 is 5.73 Å². The summed E-state index contributed by atoms with van der Waals surface area (Å²) in [5, 5.41) is 1.05. The second kappa shape index (κ2) is 6.04. The minimum atomic E-state index is 0.435. The SMILES string of the molecule is CCc1c(Br)c(N)c(Br)c2nc(-c3ccc(Cl)cc3Cl)oc12. The van der Waals surface area contributed by atoms with Gasteiger partial charge in [0, 0.05) is 15.1 Å². The molecule has 0 saturated heterocycles. The number of aromatic nitrogens is 1. The largest absolute Gasteiger partial charge is 0.436 e. The van der Waals surface area contributed by atoms with Crippen molar-refractivity contribution < 1.29 is 4.42 Å². The molecule has 2 N–H and O–H groups in total. The predicted molar refractivity (Wildman–Crippen MR) is 98.7 cm³/mol. The maximum Gasteiger partial charge on any atom is 0.228 e. The van der Waals surface area contributed by atoms with Crippen LogP contribution in [0.2, 0.25) is 10.0 Å². The van der Waals surface area contributed by atoms with Crippen LogP contribution in [0.3, 0.4) is 0 Å². The summed E-state index contributed by atoms with van der Waals surface area (Å²) in [5.41, 5.74) is 9.73. The molecule has 0 saturated carbocycles. The Hall–Kier alpha value is -0.750. The molecule has 0 amide bonds. The Morgan fingerprint density at radius 1 is 1.23 bits per heavy atom. The van der Waals surface area contributed by atoms with E-state index >= 15 is 0 Å². The molecule has 114 valence electrons. The fourth-order valence-electron chi connectivity index (χ4n) is 2.25. The third-order valence-corrected chi connectivity index (χ3v) is 5.62. The molecule has 3 rings (SSSR count). The second-order valence-corrected chi connectivity index (χ2v) is 7.12. The van der Waals surface area contributed by atoms with Crippen LogP contribution >= 0.6 is 55.1 Å². The number of benzene rings is 2. The van der Waals surface area contributed by atoms with E-state index in [9.17, 15) is 0 Å². The standard InChI is InChI=1S/C15H10Br2Cl2N2O/c1-2-7-10(16)12(20)11(17)13-14(7)22-15(21-13)8-4-3-6(18)5-9(8)19/h3-5H,2,20H2,1H3. The maximum atomic E-state index is 6.24. The molecule has 3 aromatic rings. The molecule has 0 unspecified atom stereocenters. The van der Waals surface area contributed by atoms with Crippen molar-refractivity contribution in [1.82, 2.24) is 4.98 Å². The number of hydrogen-bond donors (Lipinski definition) is 1. The van der Waals surface area contributed by atoms with Gasteiger partial charge in [0.1, 0.15) is 5.52 Å². The van der Waals surface area contributed by atoms with Gasteiger partial charge < -0.3 is 10.2 Å². The number of anilines is 1. The Balaban J connectivity index is 2.32. The van der Waals surface area contributed by atoms with Gasteiger partial charge in [0.25, 0.3) is 0 Å². The normalized spacial score (nSPS) is 11.3. The monoisotopic (exact) mass is 462 g/mol. The maximum absolute atomic E-state index is 6.24. The molecule has 7 heteroatoms. The van der Waals surface area contributed by atoms with Crippen LogP contribution in [0.4, 0.5) is 5.69 Å². The molecule has 0 spiro atoms. The van der Waals surface area contributed by atoms with Crippen LogP contribution in [0.15, 0.2) is 31.6 Å². The van der Waals surface area contributed by atoms with Gasteiger partial charge in [-0.2, -0.15) is 0 Å². The lowest BCUT2D eigenvalue weighted by molar-refractivity contribution is 0.615. The lowest BCUT2D eigenvalue weighted by Crippen LogP contribution is -1.94. The van der Waals surface area contributed by atoms with Crippen LogP contribution in [0.1, 0.15) is 12.5 Å². The predicted octanol–water partition coefficient (Wildman–Crippen LogP) is 6.47. The van der Waals surface area contributed by atoms with Gasteiger partial charge in [-0.05, 0) is 56.5 Å². The number of hydrogen-bond acceptors (Lipinski definition) is 3. The Kier molecular flexibility index (Phi) is 4.42. The van der Waals surface area contributed by atoms with Crippen molar-refractivity contribution in [3.05, 3.63) is 42.8 Å². The van der Waals surface area contributed by atoms with Crippen LogP contribution in [0, 0.1) is 0 Å². The van der Waals surface area contributed by atoms with Gasteiger partial charge in [-0.3, -0.25) is 0 Å². The highest BCUT2D eigenvalue weighted by atomic mass is 79.9. The molecule has 2 aromatic carbocycles. The summed E-state index contributed by atoms with van der Waals surface area (Å²) in [6.07, 6.45) is 0.761. The van der Waals surface area contributed by atoms with Gasteiger partial charge in [0.05, 0.1) is 20.7 Å². The van der Waals surface area contributed by atoms with Crippen LogP contribution in [-0.2, 0) is 6.42 Å². The van der Waals surface area contributed by atoms with Crippen molar-refractivity contribution >= 4 is 71.8 Å². The van der Waals surface area contributed by atoms with Gasteiger partial charge in [-0.25, -0.2) is 4.98 Å². The highest BCUT2D eigenvalue weighted by Crippen LogP contribution is 2.42. The van der Waals surface area contributed by atoms with Crippen molar-refractivity contribution in [2.45, 2.75) is 13.3 Å². The van der Waals surface area contributed by atoms with Gasteiger partial charge in [0.2, 0.25) is 5.89 Å². The summed E-state index contributed by atoms with van der Waals surface area (Å²) in [5.74, 6) is 0.435. The van der Waals surface area contributed by atoms with E-state index in [0.29, 0.717) is 42.8 Å². The third-order valence-electron chi connectivity index (χ3n) is 3.36. The lowest BCUT2D eigenvalue weighted by atomic mass is 10.1. The molecule has 0 bridgehead atoms. The van der Waals surface area contributed by atoms with E-state index in [-0.39, 0.29) is 0 Å². The first-order valence-corrected chi connectivity index (χ1v) is 8.79. The summed E-state index contributed by atoms with van der Waals surface area (Å²) >= 11 is 19.2. The zero-order chi connectivity index (χ0) is 16.0. The van der Waals surface area contributed by atoms with E-state index in [1.165, 1.54) is 0 Å². The number of nitrogen functional groups attached to an aromatic ring is 1. The van der Waals surface area contributed by atoms with Crippen molar-refractivity contribution in [3.8, 4) is 11.5 Å². The van der Waals surface area contributed by atoms with E-state index < -0.39 is 0 Å². The number of oxazole rings is 1. The summed E-state index contributed by atoms with van der Waals surface area (Å²) in [7, 11) is 0. The number of rotatable bonds is 2. The smallest absolute Gasteiger partial charge is 0.228 e. The molecular formula is C15H10Br2Cl2N2O. The third kappa shape index (κ3) is 2.54. The highest BCUT2D eigenvalue weighted by Gasteiger charge is 2.21. The first-order valence-electron chi connectivity index (χ1n) is 6.45. The average molecular weight is 465 g/mol. The number of nitrogens with zero attached hydrogens (tertiary/aromatic N) is 1. The number of fused-ring (bicyclic) bond motifs is 1. The zero-order valence-electron chi connectivity index (χ0n) is 11.4. The van der Waals surface area contributed by atoms with E-state index in [0.717, 1.165) is 16.5 Å². The molecule has 0 radical (unpaired) electrons. The number of aryl methyl sites for hydroxylation is 1. The molecular weight excluding hydrogens is 455 g/mol. The van der Waals surface area contributed by atoms with Crippen LogP contribution in [0.5, 0.6) is 0 Å². The Labute approximate surface area is 154 Å². The summed E-state index contributed by atoms with van der Waals surface area (Å²) in [6, 6.07) is 5.19. The van der Waals surface area contributed by atoms with Crippen LogP contribution in [0.25, 0.3) is 22.6 Å². The number of halogens is 4. The lowest BCUT2D eigenvalue weighted by Gasteiger charge is -2.07. The van der Waals surface area contributed by atoms with Gasteiger partial charge >= 0.3 is 0 Å². The highest BCUT2D eigenvalue weighted by molar-refractivity contribution is 9.11. The molecule has 1 aromatic heterocycles. The van der Waals surface area contributed by atoms with Crippen molar-refractivity contribution in [1.29, 1.82) is 0 Å². The summed E-state index contributed by atoms with van der Waals surface area (Å²) in [4.78, 5) is 4.54. The fraction of sp³-hybridized carbons (Fsp3) is 0.133. The van der Waals surface area contributed by atoms with Gasteiger partial charge in [-0.15, -0.1) is 0 Å². The summed E-state index contributed by atoms with van der Waals surface area (Å²) < 4.78 is 7.48. The first-order chi connectivity index (χ1) is 10.4. The second-order valence-electron chi connectivity index (χ2n) is 4.69. The van der Waals surface area contributed by atoms with Crippen molar-refractivity contribution in [2.24, 2.45) is 0 Å². The molecule has 0 aliphatic carbocycles. The van der Waals surface area contributed by atoms with E-state index in [4.69, 9.17) is 33.4 Å². The molecule has 1 heterocycles. The minimum Gasteiger partial charge on any atom is -0.436 e. The van der Waals surface area contributed by atoms with Crippen molar-refractivity contribution in [3.63, 3.8) is 0 Å². The van der Waals surface area contributed by atoms with E-state index in [1.807, 2.05) is 6.92 Å².